The molecule has 0 aliphatic carbocycles. The van der Waals surface area contributed by atoms with E-state index in [1.165, 1.54) is 11.5 Å². The van der Waals surface area contributed by atoms with Gasteiger partial charge in [-0.25, -0.2) is 4.37 Å². The second-order valence-corrected chi connectivity index (χ2v) is 3.96. The molecule has 0 amide bonds. The van der Waals surface area contributed by atoms with Crippen LogP contribution in [0.15, 0.2) is 11.6 Å². The van der Waals surface area contributed by atoms with Crippen molar-refractivity contribution in [2.24, 2.45) is 0 Å². The smallest absolute Gasteiger partial charge is 0.107 e. The zero-order valence-electron chi connectivity index (χ0n) is 7.35. The second-order valence-electron chi connectivity index (χ2n) is 3.31. The van der Waals surface area contributed by atoms with Crippen LogP contribution in [0.1, 0.15) is 30.9 Å². The summed E-state index contributed by atoms with van der Waals surface area (Å²) in [4.78, 5) is 0. The van der Waals surface area contributed by atoms with Crippen LogP contribution in [0.3, 0.4) is 0 Å². The third kappa shape index (κ3) is 2.07. The molecule has 0 spiro atoms. The molecule has 1 N–H and O–H groups in total. The normalized spacial score (nSPS) is 25.8. The first kappa shape index (κ1) is 9.12. The topological polar surface area (TPSA) is 42.4 Å². The minimum atomic E-state index is -0.487. The van der Waals surface area contributed by atoms with E-state index in [9.17, 15) is 5.11 Å². The van der Waals surface area contributed by atoms with Gasteiger partial charge >= 0.3 is 0 Å². The number of aliphatic hydroxyl groups excluding tert-OH is 1. The summed E-state index contributed by atoms with van der Waals surface area (Å²) >= 11 is 1.37. The van der Waals surface area contributed by atoms with Gasteiger partial charge in [0.1, 0.15) is 6.10 Å². The molecule has 1 aromatic rings. The van der Waals surface area contributed by atoms with Crippen molar-refractivity contribution in [2.75, 3.05) is 6.61 Å². The Labute approximate surface area is 81.5 Å². The van der Waals surface area contributed by atoms with Crippen molar-refractivity contribution in [1.29, 1.82) is 0 Å². The van der Waals surface area contributed by atoms with Crippen LogP contribution in [-0.2, 0) is 4.74 Å². The Kier molecular flexibility index (Phi) is 2.93. The molecule has 2 rings (SSSR count). The Balaban J connectivity index is 1.99. The molecule has 1 fully saturated rings. The second kappa shape index (κ2) is 4.17. The quantitative estimate of drug-likeness (QED) is 0.789. The maximum Gasteiger partial charge on any atom is 0.107 e. The van der Waals surface area contributed by atoms with E-state index in [2.05, 4.69) is 4.37 Å². The van der Waals surface area contributed by atoms with Crippen LogP contribution >= 0.6 is 11.5 Å². The van der Waals surface area contributed by atoms with E-state index in [0.29, 0.717) is 0 Å². The van der Waals surface area contributed by atoms with Crippen LogP contribution in [-0.4, -0.2) is 22.2 Å². The average molecular weight is 199 g/mol. The molecule has 1 aliphatic rings. The number of hydrogen-bond donors (Lipinski definition) is 1. The van der Waals surface area contributed by atoms with Crippen molar-refractivity contribution in [2.45, 2.75) is 31.5 Å². The lowest BCUT2D eigenvalue weighted by Crippen LogP contribution is -2.26. The Morgan fingerprint density at radius 2 is 2.54 bits per heavy atom. The zero-order valence-corrected chi connectivity index (χ0v) is 8.17. The van der Waals surface area contributed by atoms with Crippen molar-refractivity contribution in [3.63, 3.8) is 0 Å². The number of hydrogen-bond acceptors (Lipinski definition) is 4. The number of aromatic nitrogens is 1. The van der Waals surface area contributed by atoms with Crippen LogP contribution in [0.5, 0.6) is 0 Å². The molecular formula is C9H13NO2S. The molecule has 1 aliphatic heterocycles. The van der Waals surface area contributed by atoms with E-state index in [-0.39, 0.29) is 6.10 Å². The minimum absolute atomic E-state index is 0.0230. The molecule has 13 heavy (non-hydrogen) atoms. The van der Waals surface area contributed by atoms with Crippen molar-refractivity contribution in [1.82, 2.24) is 4.37 Å². The summed E-state index contributed by atoms with van der Waals surface area (Å²) in [6.45, 7) is 0.777. The third-order valence-electron chi connectivity index (χ3n) is 2.36. The van der Waals surface area contributed by atoms with Crippen LogP contribution < -0.4 is 0 Å². The first-order valence-electron chi connectivity index (χ1n) is 4.57. The highest BCUT2D eigenvalue weighted by atomic mass is 32.1. The molecule has 2 heterocycles. The third-order valence-corrected chi connectivity index (χ3v) is 2.96. The molecule has 0 radical (unpaired) electrons. The number of rotatable bonds is 2. The highest BCUT2D eigenvalue weighted by molar-refractivity contribution is 7.03. The minimum Gasteiger partial charge on any atom is -0.386 e. The first-order chi connectivity index (χ1) is 6.38. The van der Waals surface area contributed by atoms with Gasteiger partial charge in [0.2, 0.25) is 0 Å². The maximum absolute atomic E-state index is 9.88. The van der Waals surface area contributed by atoms with E-state index in [4.69, 9.17) is 4.74 Å². The van der Waals surface area contributed by atoms with Gasteiger partial charge in [-0.3, -0.25) is 0 Å². The van der Waals surface area contributed by atoms with Crippen LogP contribution in [0.25, 0.3) is 0 Å². The van der Waals surface area contributed by atoms with Crippen LogP contribution in [0.4, 0.5) is 0 Å². The van der Waals surface area contributed by atoms with Gasteiger partial charge in [0.15, 0.2) is 0 Å². The molecule has 2 atom stereocenters. The molecule has 1 saturated heterocycles. The Morgan fingerprint density at radius 3 is 3.15 bits per heavy atom. The van der Waals surface area contributed by atoms with Gasteiger partial charge < -0.3 is 9.84 Å². The lowest BCUT2D eigenvalue weighted by molar-refractivity contribution is -0.0632. The predicted octanol–water partition coefficient (Wildman–Crippen LogP) is 1.75. The highest BCUT2D eigenvalue weighted by Crippen LogP contribution is 2.26. The first-order valence-corrected chi connectivity index (χ1v) is 5.40. The van der Waals surface area contributed by atoms with E-state index >= 15 is 0 Å². The van der Waals surface area contributed by atoms with Gasteiger partial charge in [-0.1, -0.05) is 0 Å². The Morgan fingerprint density at radius 1 is 1.62 bits per heavy atom. The summed E-state index contributed by atoms with van der Waals surface area (Å²) in [7, 11) is 0. The molecule has 4 heteroatoms. The van der Waals surface area contributed by atoms with Crippen molar-refractivity contribution >= 4 is 11.5 Å². The van der Waals surface area contributed by atoms with Gasteiger partial charge in [0.25, 0.3) is 0 Å². The van der Waals surface area contributed by atoms with E-state index in [0.717, 1.165) is 31.4 Å². The Hall–Kier alpha value is -0.450. The van der Waals surface area contributed by atoms with Crippen LogP contribution in [0.2, 0.25) is 0 Å². The van der Waals surface area contributed by atoms with Gasteiger partial charge in [-0.15, -0.1) is 0 Å². The fraction of sp³-hybridized carbons (Fsp3) is 0.667. The summed E-state index contributed by atoms with van der Waals surface area (Å²) in [6, 6.07) is 0. The number of nitrogens with zero attached hydrogens (tertiary/aromatic N) is 1. The lowest BCUT2D eigenvalue weighted by Gasteiger charge is -2.26. The predicted molar refractivity (Wildman–Crippen MR) is 50.7 cm³/mol. The van der Waals surface area contributed by atoms with Gasteiger partial charge in [0, 0.05) is 23.7 Å². The van der Waals surface area contributed by atoms with Crippen molar-refractivity contribution in [3.05, 3.63) is 17.1 Å². The molecule has 0 aromatic carbocycles. The van der Waals surface area contributed by atoms with Gasteiger partial charge in [-0.2, -0.15) is 0 Å². The molecule has 1 aromatic heterocycles. The van der Waals surface area contributed by atoms with Gasteiger partial charge in [-0.05, 0) is 30.8 Å². The molecule has 3 nitrogen and oxygen atoms in total. The molecule has 0 saturated carbocycles. The van der Waals surface area contributed by atoms with Crippen molar-refractivity contribution in [3.8, 4) is 0 Å². The standard InChI is InChI=1S/C9H13NO2S/c11-9(7-5-10-13-6-7)8-3-1-2-4-12-8/h5-6,8-9,11H,1-4H2. The summed E-state index contributed by atoms with van der Waals surface area (Å²) in [5.41, 5.74) is 0.886. The Bertz CT molecular complexity index is 244. The van der Waals surface area contributed by atoms with E-state index in [1.807, 2.05) is 5.38 Å². The fourth-order valence-electron chi connectivity index (χ4n) is 1.59. The molecule has 2 unspecified atom stereocenters. The summed E-state index contributed by atoms with van der Waals surface area (Å²) in [6.07, 6.45) is 4.43. The average Bonchev–Trinajstić information content (AvgIpc) is 2.71. The van der Waals surface area contributed by atoms with Crippen LogP contribution in [0, 0.1) is 0 Å². The fourth-order valence-corrected chi connectivity index (χ4v) is 2.15. The molecule has 0 bridgehead atoms. The summed E-state index contributed by atoms with van der Waals surface area (Å²) in [5, 5.41) is 11.8. The number of ether oxygens (including phenoxy) is 1. The van der Waals surface area contributed by atoms with Crippen molar-refractivity contribution < 1.29 is 9.84 Å². The lowest BCUT2D eigenvalue weighted by atomic mass is 10.0. The largest absolute Gasteiger partial charge is 0.386 e. The SMILES string of the molecule is OC(c1cnsc1)C1CCCCO1. The van der Waals surface area contributed by atoms with Gasteiger partial charge in [0.05, 0.1) is 6.10 Å². The van der Waals surface area contributed by atoms with E-state index in [1.54, 1.807) is 6.20 Å². The highest BCUT2D eigenvalue weighted by Gasteiger charge is 2.24. The maximum atomic E-state index is 9.88. The van der Waals surface area contributed by atoms with E-state index < -0.39 is 6.10 Å². The number of aliphatic hydroxyl groups is 1. The monoisotopic (exact) mass is 199 g/mol. The summed E-state index contributed by atoms with van der Waals surface area (Å²) in [5.74, 6) is 0. The summed E-state index contributed by atoms with van der Waals surface area (Å²) < 4.78 is 9.45. The zero-order chi connectivity index (χ0) is 9.10. The molecular weight excluding hydrogens is 186 g/mol. The molecule has 72 valence electrons.